The van der Waals surface area contributed by atoms with Crippen molar-refractivity contribution < 1.29 is 9.90 Å². The monoisotopic (exact) mass is 281 g/mol. The molecule has 1 aliphatic heterocycles. The second-order valence-electron chi connectivity index (χ2n) is 6.15. The molecule has 0 bridgehead atoms. The second-order valence-corrected chi connectivity index (χ2v) is 6.56. The molecule has 1 saturated heterocycles. The highest BCUT2D eigenvalue weighted by molar-refractivity contribution is 6.31. The third-order valence-corrected chi connectivity index (χ3v) is 4.23. The molecule has 0 unspecified atom stereocenters. The van der Waals surface area contributed by atoms with Crippen LogP contribution in [0.3, 0.4) is 0 Å². The average molecular weight is 282 g/mol. The van der Waals surface area contributed by atoms with Crippen LogP contribution >= 0.6 is 11.6 Å². The van der Waals surface area contributed by atoms with E-state index in [4.69, 9.17) is 11.6 Å². The Balaban J connectivity index is 2.33. The highest BCUT2D eigenvalue weighted by atomic mass is 35.5. The standard InChI is InChI=1S/C15H20ClNO2/c1-15(2,3)17-8-11(12(9-17)14(18)19)10-6-4-5-7-13(10)16/h4-7,11-12H,8-9H2,1-3H3,(H,18,19)/t11-,12+/m1/s1. The van der Waals surface area contributed by atoms with Gasteiger partial charge in [-0.25, -0.2) is 0 Å². The van der Waals surface area contributed by atoms with Crippen molar-refractivity contribution in [3.63, 3.8) is 0 Å². The van der Waals surface area contributed by atoms with E-state index in [0.717, 1.165) is 12.1 Å². The fourth-order valence-corrected chi connectivity index (χ4v) is 2.97. The van der Waals surface area contributed by atoms with Crippen LogP contribution in [-0.2, 0) is 4.79 Å². The average Bonchev–Trinajstić information content (AvgIpc) is 2.74. The molecule has 1 aromatic rings. The van der Waals surface area contributed by atoms with Crippen molar-refractivity contribution in [2.45, 2.75) is 32.2 Å². The van der Waals surface area contributed by atoms with Crippen molar-refractivity contribution in [2.24, 2.45) is 5.92 Å². The first-order valence-corrected chi connectivity index (χ1v) is 6.91. The van der Waals surface area contributed by atoms with Crippen molar-refractivity contribution in [3.05, 3.63) is 34.9 Å². The van der Waals surface area contributed by atoms with Crippen molar-refractivity contribution >= 4 is 17.6 Å². The molecule has 2 atom stereocenters. The zero-order chi connectivity index (χ0) is 14.2. The summed E-state index contributed by atoms with van der Waals surface area (Å²) in [7, 11) is 0. The molecule has 0 radical (unpaired) electrons. The molecule has 0 saturated carbocycles. The summed E-state index contributed by atoms with van der Waals surface area (Å²) in [4.78, 5) is 13.7. The van der Waals surface area contributed by atoms with Crippen LogP contribution < -0.4 is 0 Å². The number of carbonyl (C=O) groups is 1. The lowest BCUT2D eigenvalue weighted by molar-refractivity contribution is -0.141. The van der Waals surface area contributed by atoms with Crippen LogP contribution in [-0.4, -0.2) is 34.6 Å². The minimum Gasteiger partial charge on any atom is -0.481 e. The highest BCUT2D eigenvalue weighted by Gasteiger charge is 2.42. The topological polar surface area (TPSA) is 40.5 Å². The van der Waals surface area contributed by atoms with Gasteiger partial charge in [-0.05, 0) is 32.4 Å². The Morgan fingerprint density at radius 1 is 1.32 bits per heavy atom. The van der Waals surface area contributed by atoms with E-state index >= 15 is 0 Å². The second kappa shape index (κ2) is 5.14. The van der Waals surface area contributed by atoms with Crippen LogP contribution in [0.1, 0.15) is 32.3 Å². The third kappa shape index (κ3) is 2.93. The van der Waals surface area contributed by atoms with Gasteiger partial charge < -0.3 is 5.11 Å². The fourth-order valence-electron chi connectivity index (χ4n) is 2.69. The Bertz CT molecular complexity index is 481. The van der Waals surface area contributed by atoms with Gasteiger partial charge in [-0.2, -0.15) is 0 Å². The summed E-state index contributed by atoms with van der Waals surface area (Å²) >= 11 is 6.22. The third-order valence-electron chi connectivity index (χ3n) is 3.89. The molecule has 3 nitrogen and oxygen atoms in total. The number of hydrogen-bond donors (Lipinski definition) is 1. The van der Waals surface area contributed by atoms with Crippen LogP contribution in [0.5, 0.6) is 0 Å². The molecular weight excluding hydrogens is 262 g/mol. The van der Waals surface area contributed by atoms with E-state index < -0.39 is 5.97 Å². The molecule has 0 spiro atoms. The van der Waals surface area contributed by atoms with Crippen LogP contribution in [0.2, 0.25) is 5.02 Å². The lowest BCUT2D eigenvalue weighted by Crippen LogP contribution is -2.40. The number of benzene rings is 1. The minimum absolute atomic E-state index is 0.0241. The van der Waals surface area contributed by atoms with Crippen molar-refractivity contribution in [3.8, 4) is 0 Å². The van der Waals surface area contributed by atoms with Gasteiger partial charge in [0.2, 0.25) is 0 Å². The summed E-state index contributed by atoms with van der Waals surface area (Å²) in [5.74, 6) is -1.17. The van der Waals surface area contributed by atoms with Gasteiger partial charge in [0, 0.05) is 29.6 Å². The lowest BCUT2D eigenvalue weighted by Gasteiger charge is -2.31. The normalized spacial score (nSPS) is 24.6. The van der Waals surface area contributed by atoms with E-state index in [1.807, 2.05) is 24.3 Å². The molecular formula is C15H20ClNO2. The number of likely N-dealkylation sites (tertiary alicyclic amines) is 1. The number of carboxylic acids is 1. The van der Waals surface area contributed by atoms with E-state index in [2.05, 4.69) is 25.7 Å². The summed E-state index contributed by atoms with van der Waals surface area (Å²) in [6.45, 7) is 7.65. The molecule has 1 aromatic carbocycles. The van der Waals surface area contributed by atoms with Gasteiger partial charge in [-0.1, -0.05) is 29.8 Å². The zero-order valence-corrected chi connectivity index (χ0v) is 12.3. The predicted molar refractivity (Wildman–Crippen MR) is 76.6 cm³/mol. The van der Waals surface area contributed by atoms with Gasteiger partial charge in [0.15, 0.2) is 0 Å². The SMILES string of the molecule is CC(C)(C)N1C[C@H](C(=O)O)[C@@H](c2ccccc2Cl)C1. The number of carboxylic acid groups (broad SMARTS) is 1. The van der Waals surface area contributed by atoms with E-state index in [1.165, 1.54) is 0 Å². The number of nitrogens with zero attached hydrogens (tertiary/aromatic N) is 1. The molecule has 1 aliphatic rings. The van der Waals surface area contributed by atoms with Gasteiger partial charge in [0.25, 0.3) is 0 Å². The first-order chi connectivity index (χ1) is 8.80. The van der Waals surface area contributed by atoms with Crippen molar-refractivity contribution in [2.75, 3.05) is 13.1 Å². The van der Waals surface area contributed by atoms with E-state index in [1.54, 1.807) is 0 Å². The van der Waals surface area contributed by atoms with E-state index in [-0.39, 0.29) is 17.4 Å². The molecule has 0 aromatic heterocycles. The minimum atomic E-state index is -0.739. The molecule has 1 N–H and O–H groups in total. The van der Waals surface area contributed by atoms with Crippen molar-refractivity contribution in [1.82, 2.24) is 4.90 Å². The molecule has 4 heteroatoms. The Kier molecular flexibility index (Phi) is 3.88. The van der Waals surface area contributed by atoms with Crippen LogP contribution in [0.15, 0.2) is 24.3 Å². The first kappa shape index (κ1) is 14.4. The van der Waals surface area contributed by atoms with Crippen LogP contribution in [0, 0.1) is 5.92 Å². The molecule has 0 amide bonds. The summed E-state index contributed by atoms with van der Waals surface area (Å²) in [5, 5.41) is 10.1. The molecule has 0 aliphatic carbocycles. The Labute approximate surface area is 119 Å². The summed E-state index contributed by atoms with van der Waals surface area (Å²) in [5.41, 5.74) is 0.923. The van der Waals surface area contributed by atoms with Crippen LogP contribution in [0.4, 0.5) is 0 Å². The van der Waals surface area contributed by atoms with Crippen LogP contribution in [0.25, 0.3) is 0 Å². The lowest BCUT2D eigenvalue weighted by atomic mass is 9.89. The molecule has 2 rings (SSSR count). The quantitative estimate of drug-likeness (QED) is 0.905. The van der Waals surface area contributed by atoms with Gasteiger partial charge in [0.05, 0.1) is 5.92 Å². The smallest absolute Gasteiger partial charge is 0.308 e. The summed E-state index contributed by atoms with van der Waals surface area (Å²) < 4.78 is 0. The largest absolute Gasteiger partial charge is 0.481 e. The van der Waals surface area contributed by atoms with Gasteiger partial charge in [0.1, 0.15) is 0 Å². The molecule has 104 valence electrons. The number of aliphatic carboxylic acids is 1. The zero-order valence-electron chi connectivity index (χ0n) is 11.6. The van der Waals surface area contributed by atoms with E-state index in [9.17, 15) is 9.90 Å². The molecule has 1 fully saturated rings. The predicted octanol–water partition coefficient (Wildman–Crippen LogP) is 3.24. The van der Waals surface area contributed by atoms with Gasteiger partial charge in [-0.15, -0.1) is 0 Å². The summed E-state index contributed by atoms with van der Waals surface area (Å²) in [6, 6.07) is 7.56. The van der Waals surface area contributed by atoms with Gasteiger partial charge >= 0.3 is 5.97 Å². The maximum absolute atomic E-state index is 11.5. The fraction of sp³-hybridized carbons (Fsp3) is 0.533. The van der Waals surface area contributed by atoms with E-state index in [0.29, 0.717) is 11.6 Å². The maximum atomic E-state index is 11.5. The maximum Gasteiger partial charge on any atom is 0.308 e. The highest BCUT2D eigenvalue weighted by Crippen LogP contribution is 2.38. The molecule has 1 heterocycles. The summed E-state index contributed by atoms with van der Waals surface area (Å²) in [6.07, 6.45) is 0. The Morgan fingerprint density at radius 2 is 1.95 bits per heavy atom. The Morgan fingerprint density at radius 3 is 2.47 bits per heavy atom. The Hall–Kier alpha value is -1.06. The number of rotatable bonds is 2. The molecule has 19 heavy (non-hydrogen) atoms. The van der Waals surface area contributed by atoms with Crippen molar-refractivity contribution in [1.29, 1.82) is 0 Å². The number of halogens is 1. The first-order valence-electron chi connectivity index (χ1n) is 6.53. The van der Waals surface area contributed by atoms with Gasteiger partial charge in [-0.3, -0.25) is 9.69 Å². The number of hydrogen-bond acceptors (Lipinski definition) is 2.